The highest BCUT2D eigenvalue weighted by Gasteiger charge is 2.25. The van der Waals surface area contributed by atoms with Gasteiger partial charge in [-0.1, -0.05) is 13.8 Å². The van der Waals surface area contributed by atoms with E-state index in [0.29, 0.717) is 19.3 Å². The van der Waals surface area contributed by atoms with Gasteiger partial charge in [0.2, 0.25) is 0 Å². The maximum atomic E-state index is 11.7. The predicted octanol–water partition coefficient (Wildman–Crippen LogP) is 0.610. The molecule has 0 bridgehead atoms. The number of nitrogens with one attached hydrogen (secondary N) is 2. The third-order valence-electron chi connectivity index (χ3n) is 3.50. The molecule has 1 saturated heterocycles. The molecule has 0 aromatic rings. The highest BCUT2D eigenvalue weighted by molar-refractivity contribution is 7.91. The van der Waals surface area contributed by atoms with Crippen molar-refractivity contribution in [1.82, 2.24) is 10.6 Å². The van der Waals surface area contributed by atoms with Crippen molar-refractivity contribution in [2.75, 3.05) is 18.1 Å². The number of carbonyl (C=O) groups is 2. The number of aliphatic carboxylic acids is 1. The summed E-state index contributed by atoms with van der Waals surface area (Å²) in [6.45, 7) is 3.93. The van der Waals surface area contributed by atoms with Crippen molar-refractivity contribution < 1.29 is 23.1 Å². The van der Waals surface area contributed by atoms with Crippen LogP contribution in [0.1, 0.15) is 33.1 Å². The van der Waals surface area contributed by atoms with Gasteiger partial charge in [-0.25, -0.2) is 13.2 Å². The quantitative estimate of drug-likeness (QED) is 0.664. The molecule has 1 unspecified atom stereocenters. The molecule has 0 radical (unpaired) electrons. The molecule has 8 heteroatoms. The lowest BCUT2D eigenvalue weighted by atomic mass is 9.97. The standard InChI is InChI=1S/C13H24N2O5S/c1-9(2)7-10(12(16)17)8-14-13(18)15-11-3-5-21(19,20)6-4-11/h9-11H,3-8H2,1-2H3,(H,16,17)(H2,14,15,18). The van der Waals surface area contributed by atoms with Crippen LogP contribution in [0.2, 0.25) is 0 Å². The number of carboxylic acids is 1. The highest BCUT2D eigenvalue weighted by Crippen LogP contribution is 2.13. The monoisotopic (exact) mass is 320 g/mol. The fraction of sp³-hybridized carbons (Fsp3) is 0.846. The van der Waals surface area contributed by atoms with Gasteiger partial charge in [0, 0.05) is 12.6 Å². The molecule has 1 heterocycles. The van der Waals surface area contributed by atoms with E-state index in [1.165, 1.54) is 0 Å². The number of urea groups is 1. The maximum Gasteiger partial charge on any atom is 0.315 e. The van der Waals surface area contributed by atoms with Crippen molar-refractivity contribution in [2.45, 2.75) is 39.2 Å². The molecule has 2 amide bonds. The molecule has 1 atom stereocenters. The van der Waals surface area contributed by atoms with E-state index in [0.717, 1.165) is 0 Å². The summed E-state index contributed by atoms with van der Waals surface area (Å²) in [5, 5.41) is 14.3. The van der Waals surface area contributed by atoms with Gasteiger partial charge in [-0.15, -0.1) is 0 Å². The summed E-state index contributed by atoms with van der Waals surface area (Å²) in [4.78, 5) is 22.8. The van der Waals surface area contributed by atoms with Crippen molar-refractivity contribution in [3.63, 3.8) is 0 Å². The van der Waals surface area contributed by atoms with Crippen LogP contribution in [-0.2, 0) is 14.6 Å². The smallest absolute Gasteiger partial charge is 0.315 e. The van der Waals surface area contributed by atoms with E-state index in [1.54, 1.807) is 0 Å². The van der Waals surface area contributed by atoms with Crippen LogP contribution in [0.3, 0.4) is 0 Å². The molecule has 0 spiro atoms. The first kappa shape index (κ1) is 17.7. The number of rotatable bonds is 6. The molecular formula is C13H24N2O5S. The first-order valence-corrected chi connectivity index (χ1v) is 8.99. The molecule has 3 N–H and O–H groups in total. The number of carbonyl (C=O) groups excluding carboxylic acids is 1. The Morgan fingerprint density at radius 3 is 2.29 bits per heavy atom. The Balaban J connectivity index is 2.35. The van der Waals surface area contributed by atoms with Crippen LogP contribution in [0.15, 0.2) is 0 Å². The minimum absolute atomic E-state index is 0.0738. The number of sulfone groups is 1. The van der Waals surface area contributed by atoms with E-state index < -0.39 is 27.8 Å². The van der Waals surface area contributed by atoms with Crippen LogP contribution in [0.5, 0.6) is 0 Å². The number of carboxylic acid groups (broad SMARTS) is 1. The van der Waals surface area contributed by atoms with Gasteiger partial charge in [-0.2, -0.15) is 0 Å². The molecule has 7 nitrogen and oxygen atoms in total. The average molecular weight is 320 g/mol. The van der Waals surface area contributed by atoms with Crippen molar-refractivity contribution in [2.24, 2.45) is 11.8 Å². The zero-order valence-corrected chi connectivity index (χ0v) is 13.3. The Hall–Kier alpha value is -1.31. The minimum Gasteiger partial charge on any atom is -0.481 e. The van der Waals surface area contributed by atoms with Crippen LogP contribution >= 0.6 is 0 Å². The molecule has 21 heavy (non-hydrogen) atoms. The van der Waals surface area contributed by atoms with E-state index in [1.807, 2.05) is 13.8 Å². The maximum absolute atomic E-state index is 11.7. The molecule has 0 aromatic carbocycles. The number of amides is 2. The molecule has 0 saturated carbocycles. The zero-order valence-electron chi connectivity index (χ0n) is 12.5. The molecule has 0 aliphatic carbocycles. The van der Waals surface area contributed by atoms with Gasteiger partial charge in [-0.05, 0) is 25.2 Å². The van der Waals surface area contributed by atoms with Crippen LogP contribution in [0, 0.1) is 11.8 Å². The zero-order chi connectivity index (χ0) is 16.0. The van der Waals surface area contributed by atoms with Gasteiger partial charge in [0.1, 0.15) is 9.84 Å². The normalized spacial score (nSPS) is 20.0. The summed E-state index contributed by atoms with van der Waals surface area (Å²) in [6, 6.07) is -0.601. The van der Waals surface area contributed by atoms with Crippen LogP contribution in [0.25, 0.3) is 0 Å². The molecule has 0 aromatic heterocycles. The van der Waals surface area contributed by atoms with Gasteiger partial charge in [0.15, 0.2) is 0 Å². The van der Waals surface area contributed by atoms with Crippen LogP contribution < -0.4 is 10.6 Å². The van der Waals surface area contributed by atoms with Crippen molar-refractivity contribution >= 4 is 21.8 Å². The van der Waals surface area contributed by atoms with Crippen molar-refractivity contribution in [3.8, 4) is 0 Å². The number of hydrogen-bond donors (Lipinski definition) is 3. The topological polar surface area (TPSA) is 113 Å². The molecular weight excluding hydrogens is 296 g/mol. The summed E-state index contributed by atoms with van der Waals surface area (Å²) >= 11 is 0. The highest BCUT2D eigenvalue weighted by atomic mass is 32.2. The Bertz CT molecular complexity index is 461. The van der Waals surface area contributed by atoms with Crippen molar-refractivity contribution in [3.05, 3.63) is 0 Å². The second-order valence-corrected chi connectivity index (χ2v) is 8.25. The first-order valence-electron chi connectivity index (χ1n) is 7.17. The second kappa shape index (κ2) is 7.63. The summed E-state index contributed by atoms with van der Waals surface area (Å²) in [5.41, 5.74) is 0. The lowest BCUT2D eigenvalue weighted by Gasteiger charge is -2.23. The first-order chi connectivity index (χ1) is 9.69. The third-order valence-corrected chi connectivity index (χ3v) is 5.22. The van der Waals surface area contributed by atoms with Gasteiger partial charge in [-0.3, -0.25) is 4.79 Å². The Labute approximate surface area is 125 Å². The lowest BCUT2D eigenvalue weighted by Crippen LogP contribution is -2.47. The van der Waals surface area contributed by atoms with Gasteiger partial charge >= 0.3 is 12.0 Å². The van der Waals surface area contributed by atoms with Crippen LogP contribution in [-0.4, -0.2) is 49.6 Å². The van der Waals surface area contributed by atoms with E-state index >= 15 is 0 Å². The number of hydrogen-bond acceptors (Lipinski definition) is 4. The van der Waals surface area contributed by atoms with Crippen molar-refractivity contribution in [1.29, 1.82) is 0 Å². The molecule has 1 aliphatic rings. The molecule has 1 fully saturated rings. The Morgan fingerprint density at radius 1 is 1.24 bits per heavy atom. The summed E-state index contributed by atoms with van der Waals surface area (Å²) < 4.78 is 22.6. The summed E-state index contributed by atoms with van der Waals surface area (Å²) in [6.07, 6.45) is 1.31. The van der Waals surface area contributed by atoms with E-state index in [-0.39, 0.29) is 30.0 Å². The lowest BCUT2D eigenvalue weighted by molar-refractivity contribution is -0.142. The van der Waals surface area contributed by atoms with E-state index in [9.17, 15) is 18.0 Å². The van der Waals surface area contributed by atoms with E-state index in [4.69, 9.17) is 5.11 Å². The molecule has 1 aliphatic heterocycles. The Kier molecular flexibility index (Phi) is 6.44. The van der Waals surface area contributed by atoms with Gasteiger partial charge in [0.05, 0.1) is 17.4 Å². The second-order valence-electron chi connectivity index (χ2n) is 5.95. The van der Waals surface area contributed by atoms with Gasteiger partial charge < -0.3 is 15.7 Å². The van der Waals surface area contributed by atoms with Gasteiger partial charge in [0.25, 0.3) is 0 Å². The minimum atomic E-state index is -2.95. The Morgan fingerprint density at radius 2 is 1.81 bits per heavy atom. The van der Waals surface area contributed by atoms with E-state index in [2.05, 4.69) is 10.6 Å². The summed E-state index contributed by atoms with van der Waals surface area (Å²) in [5.74, 6) is -1.12. The summed E-state index contributed by atoms with van der Waals surface area (Å²) in [7, 11) is -2.95. The molecule has 122 valence electrons. The van der Waals surface area contributed by atoms with Crippen LogP contribution in [0.4, 0.5) is 4.79 Å². The third kappa shape index (κ3) is 6.79. The fourth-order valence-electron chi connectivity index (χ4n) is 2.33. The largest absolute Gasteiger partial charge is 0.481 e. The fourth-order valence-corrected chi connectivity index (χ4v) is 3.82. The SMILES string of the molecule is CC(C)CC(CNC(=O)NC1CCS(=O)(=O)CC1)C(=O)O. The predicted molar refractivity (Wildman–Crippen MR) is 78.8 cm³/mol. The average Bonchev–Trinajstić information content (AvgIpc) is 2.36. The molecule has 1 rings (SSSR count).